The van der Waals surface area contributed by atoms with E-state index in [1.54, 1.807) is 0 Å². The van der Waals surface area contributed by atoms with Crippen molar-refractivity contribution in [3.8, 4) is 0 Å². The van der Waals surface area contributed by atoms with E-state index in [1.165, 1.54) is 23.0 Å². The van der Waals surface area contributed by atoms with Gasteiger partial charge in [-0.05, 0) is 47.9 Å². The summed E-state index contributed by atoms with van der Waals surface area (Å²) in [5.74, 6) is 0. The monoisotopic (exact) mass is 248 g/mol. The second-order valence-electron chi connectivity index (χ2n) is 2.68. The largest absolute Gasteiger partial charge is 0.256 e. The molecule has 0 aliphatic heterocycles. The summed E-state index contributed by atoms with van der Waals surface area (Å²) in [4.78, 5) is 0. The van der Waals surface area contributed by atoms with Gasteiger partial charge < -0.3 is 0 Å². The fourth-order valence-corrected chi connectivity index (χ4v) is 1.88. The molecule has 0 bridgehead atoms. The van der Waals surface area contributed by atoms with Gasteiger partial charge in [0.15, 0.2) is 0 Å². The van der Waals surface area contributed by atoms with Crippen LogP contribution in [0.15, 0.2) is 12.3 Å². The van der Waals surface area contributed by atoms with Crippen molar-refractivity contribution in [2.75, 3.05) is 0 Å². The number of halogens is 1. The molecule has 1 heterocycles. The minimum atomic E-state index is 0.710. The number of hydrogen-bond donors (Lipinski definition) is 0. The average molecular weight is 248 g/mol. The van der Waals surface area contributed by atoms with Crippen molar-refractivity contribution in [3.05, 3.63) is 16.0 Å². The summed E-state index contributed by atoms with van der Waals surface area (Å²) in [6, 6.07) is 2.76. The maximum Gasteiger partial charge on any atom is 0.0992 e. The van der Waals surface area contributed by atoms with Crippen molar-refractivity contribution < 1.29 is 0 Å². The Morgan fingerprint density at radius 3 is 2.80 bits per heavy atom. The van der Waals surface area contributed by atoms with Crippen LogP contribution >= 0.6 is 22.6 Å². The highest BCUT2D eigenvalue weighted by molar-refractivity contribution is 14.1. The standard InChI is InChI=1S/C7H9IN2/c8-7-4-5-9-10(7)6-2-1-3-6/h4-6H,1-3H2. The second-order valence-corrected chi connectivity index (χ2v) is 3.79. The molecule has 1 aromatic heterocycles. The quantitative estimate of drug-likeness (QED) is 0.696. The van der Waals surface area contributed by atoms with Gasteiger partial charge in [-0.1, -0.05) is 0 Å². The number of hydrogen-bond acceptors (Lipinski definition) is 1. The molecule has 1 aromatic rings. The predicted octanol–water partition coefficient (Wildman–Crippen LogP) is 2.21. The molecular formula is C7H9IN2. The van der Waals surface area contributed by atoms with Gasteiger partial charge in [-0.3, -0.25) is 4.68 Å². The SMILES string of the molecule is Ic1ccnn1C1CCC1. The Morgan fingerprint density at radius 1 is 1.60 bits per heavy atom. The van der Waals surface area contributed by atoms with Crippen LogP contribution in [0, 0.1) is 3.70 Å². The summed E-state index contributed by atoms with van der Waals surface area (Å²) < 4.78 is 3.40. The van der Waals surface area contributed by atoms with Crippen molar-refractivity contribution in [2.45, 2.75) is 25.3 Å². The zero-order valence-corrected chi connectivity index (χ0v) is 7.78. The second kappa shape index (κ2) is 2.53. The predicted molar refractivity (Wildman–Crippen MR) is 47.8 cm³/mol. The first kappa shape index (κ1) is 6.64. The highest BCUT2D eigenvalue weighted by atomic mass is 127. The highest BCUT2D eigenvalue weighted by Crippen LogP contribution is 2.31. The fraction of sp³-hybridized carbons (Fsp3) is 0.571. The molecule has 1 aliphatic carbocycles. The molecule has 0 saturated heterocycles. The van der Waals surface area contributed by atoms with Gasteiger partial charge in [-0.15, -0.1) is 0 Å². The van der Waals surface area contributed by atoms with Crippen LogP contribution < -0.4 is 0 Å². The molecule has 0 spiro atoms. The normalized spacial score (nSPS) is 18.9. The van der Waals surface area contributed by atoms with Gasteiger partial charge in [0, 0.05) is 0 Å². The zero-order chi connectivity index (χ0) is 6.97. The molecule has 3 heteroatoms. The van der Waals surface area contributed by atoms with E-state index in [4.69, 9.17) is 0 Å². The van der Waals surface area contributed by atoms with Crippen LogP contribution in [0.25, 0.3) is 0 Å². The first-order valence-electron chi connectivity index (χ1n) is 3.57. The zero-order valence-electron chi connectivity index (χ0n) is 5.63. The van der Waals surface area contributed by atoms with Gasteiger partial charge in [0.25, 0.3) is 0 Å². The summed E-state index contributed by atoms with van der Waals surface area (Å²) in [7, 11) is 0. The van der Waals surface area contributed by atoms with E-state index in [2.05, 4.69) is 38.4 Å². The van der Waals surface area contributed by atoms with Gasteiger partial charge in [-0.2, -0.15) is 5.10 Å². The molecule has 0 aromatic carbocycles. The van der Waals surface area contributed by atoms with Crippen LogP contribution in [0.2, 0.25) is 0 Å². The smallest absolute Gasteiger partial charge is 0.0992 e. The molecule has 0 N–H and O–H groups in total. The van der Waals surface area contributed by atoms with E-state index >= 15 is 0 Å². The van der Waals surface area contributed by atoms with Gasteiger partial charge >= 0.3 is 0 Å². The van der Waals surface area contributed by atoms with Crippen LogP contribution in [-0.2, 0) is 0 Å². The molecule has 54 valence electrons. The molecule has 1 aliphatic rings. The van der Waals surface area contributed by atoms with Crippen LogP contribution in [0.4, 0.5) is 0 Å². The fourth-order valence-electron chi connectivity index (χ4n) is 1.20. The Hall–Kier alpha value is -0.0600. The third kappa shape index (κ3) is 0.962. The topological polar surface area (TPSA) is 17.8 Å². The number of rotatable bonds is 1. The van der Waals surface area contributed by atoms with Crippen LogP contribution in [0.5, 0.6) is 0 Å². The lowest BCUT2D eigenvalue weighted by Gasteiger charge is -2.26. The maximum absolute atomic E-state index is 4.25. The molecule has 1 saturated carbocycles. The third-order valence-corrected chi connectivity index (χ3v) is 2.90. The third-order valence-electron chi connectivity index (χ3n) is 2.04. The highest BCUT2D eigenvalue weighted by Gasteiger charge is 2.20. The Balaban J connectivity index is 2.23. The van der Waals surface area contributed by atoms with Crippen LogP contribution in [0.3, 0.4) is 0 Å². The molecule has 0 unspecified atom stereocenters. The molecule has 0 radical (unpaired) electrons. The number of nitrogens with zero attached hydrogens (tertiary/aromatic N) is 2. The van der Waals surface area contributed by atoms with E-state index in [1.807, 2.05) is 6.20 Å². The van der Waals surface area contributed by atoms with Crippen molar-refractivity contribution in [3.63, 3.8) is 0 Å². The van der Waals surface area contributed by atoms with Gasteiger partial charge in [-0.25, -0.2) is 0 Å². The lowest BCUT2D eigenvalue weighted by molar-refractivity contribution is 0.284. The summed E-state index contributed by atoms with van der Waals surface area (Å²) in [5.41, 5.74) is 0. The average Bonchev–Trinajstić information content (AvgIpc) is 2.12. The van der Waals surface area contributed by atoms with E-state index < -0.39 is 0 Å². The Bertz CT molecular complexity index is 227. The lowest BCUT2D eigenvalue weighted by Crippen LogP contribution is -2.19. The minimum Gasteiger partial charge on any atom is -0.256 e. The molecule has 0 atom stereocenters. The summed E-state index contributed by atoms with van der Waals surface area (Å²) in [5, 5.41) is 4.25. The summed E-state index contributed by atoms with van der Waals surface area (Å²) in [6.45, 7) is 0. The van der Waals surface area contributed by atoms with Gasteiger partial charge in [0.05, 0.1) is 15.9 Å². The summed E-state index contributed by atoms with van der Waals surface area (Å²) in [6.07, 6.45) is 5.88. The van der Waals surface area contributed by atoms with Crippen molar-refractivity contribution >= 4 is 22.6 Å². The molecular weight excluding hydrogens is 239 g/mol. The molecule has 2 rings (SSSR count). The molecule has 10 heavy (non-hydrogen) atoms. The molecule has 2 nitrogen and oxygen atoms in total. The summed E-state index contributed by atoms with van der Waals surface area (Å²) >= 11 is 2.33. The maximum atomic E-state index is 4.25. The Labute approximate surface area is 73.8 Å². The first-order valence-corrected chi connectivity index (χ1v) is 4.65. The van der Waals surface area contributed by atoms with E-state index in [-0.39, 0.29) is 0 Å². The van der Waals surface area contributed by atoms with Crippen molar-refractivity contribution in [1.82, 2.24) is 9.78 Å². The van der Waals surface area contributed by atoms with Crippen LogP contribution in [0.1, 0.15) is 25.3 Å². The van der Waals surface area contributed by atoms with Crippen LogP contribution in [-0.4, -0.2) is 9.78 Å². The molecule has 1 fully saturated rings. The van der Waals surface area contributed by atoms with E-state index in [0.717, 1.165) is 0 Å². The lowest BCUT2D eigenvalue weighted by atomic mass is 9.93. The van der Waals surface area contributed by atoms with E-state index in [9.17, 15) is 0 Å². The number of aromatic nitrogens is 2. The van der Waals surface area contributed by atoms with Gasteiger partial charge in [0.1, 0.15) is 0 Å². The molecule has 0 amide bonds. The van der Waals surface area contributed by atoms with Crippen molar-refractivity contribution in [1.29, 1.82) is 0 Å². The minimum absolute atomic E-state index is 0.710. The van der Waals surface area contributed by atoms with Crippen molar-refractivity contribution in [2.24, 2.45) is 0 Å². The first-order chi connectivity index (χ1) is 4.88. The van der Waals surface area contributed by atoms with Gasteiger partial charge in [0.2, 0.25) is 0 Å². The van der Waals surface area contributed by atoms with E-state index in [0.29, 0.717) is 6.04 Å². The Kier molecular flexibility index (Phi) is 1.68. The Morgan fingerprint density at radius 2 is 2.40 bits per heavy atom.